The van der Waals surface area contributed by atoms with Crippen molar-refractivity contribution < 1.29 is 13.9 Å². The van der Waals surface area contributed by atoms with Gasteiger partial charge < -0.3 is 13.9 Å². The molecule has 0 aromatic carbocycles. The lowest BCUT2D eigenvalue weighted by Gasteiger charge is -2.40. The summed E-state index contributed by atoms with van der Waals surface area (Å²) in [5.74, 6) is 2.01. The molecule has 3 rings (SSSR count). The van der Waals surface area contributed by atoms with E-state index in [9.17, 15) is 0 Å². The largest absolute Gasteiger partial charge is 0.494 e. The van der Waals surface area contributed by atoms with E-state index in [1.165, 1.54) is 5.57 Å². The lowest BCUT2D eigenvalue weighted by Crippen LogP contribution is -2.48. The summed E-state index contributed by atoms with van der Waals surface area (Å²) >= 11 is 0. The lowest BCUT2D eigenvalue weighted by atomic mass is 9.83. The Bertz CT molecular complexity index is 649. The molecule has 0 aliphatic heterocycles. The maximum absolute atomic E-state index is 6.82. The summed E-state index contributed by atoms with van der Waals surface area (Å²) in [6, 6.07) is 0. The van der Waals surface area contributed by atoms with Gasteiger partial charge in [0, 0.05) is 18.4 Å². The number of hydrogen-bond donors (Lipinski definition) is 0. The van der Waals surface area contributed by atoms with Gasteiger partial charge >= 0.3 is 0 Å². The van der Waals surface area contributed by atoms with Gasteiger partial charge in [0.25, 0.3) is 0 Å². The summed E-state index contributed by atoms with van der Waals surface area (Å²) in [5.41, 5.74) is 1.37. The second kappa shape index (κ2) is 7.57. The highest BCUT2D eigenvalue weighted by atomic mass is 28.4. The Balaban J connectivity index is 1.85. The average Bonchev–Trinajstić information content (AvgIpc) is 3.46. The van der Waals surface area contributed by atoms with Crippen LogP contribution in [0.5, 0.6) is 0 Å². The van der Waals surface area contributed by atoms with Crippen LogP contribution in [0.2, 0.25) is 18.1 Å². The third kappa shape index (κ3) is 3.88. The normalized spacial score (nSPS) is 35.1. The first kappa shape index (κ1) is 22.1. The van der Waals surface area contributed by atoms with Gasteiger partial charge in [-0.3, -0.25) is 4.90 Å². The van der Waals surface area contributed by atoms with Gasteiger partial charge in [0.1, 0.15) is 5.76 Å². The first-order valence-corrected chi connectivity index (χ1v) is 13.9. The quantitative estimate of drug-likeness (QED) is 0.504. The summed E-state index contributed by atoms with van der Waals surface area (Å²) in [7, 11) is 2.64. The fourth-order valence-corrected chi connectivity index (χ4v) is 5.89. The fraction of sp³-hybridized carbons (Fsp3) is 0.826. The zero-order chi connectivity index (χ0) is 20.9. The maximum atomic E-state index is 6.82. The summed E-state index contributed by atoms with van der Waals surface area (Å²) in [5, 5.41) is 0.239. The molecule has 2 saturated carbocycles. The van der Waals surface area contributed by atoms with Crippen LogP contribution in [-0.2, 0) is 13.9 Å². The van der Waals surface area contributed by atoms with Crippen molar-refractivity contribution in [2.45, 2.75) is 83.3 Å². The molecule has 2 fully saturated rings. The third-order valence-electron chi connectivity index (χ3n) is 7.24. The molecule has 5 atom stereocenters. The Kier molecular flexibility index (Phi) is 5.97. The first-order chi connectivity index (χ1) is 13.0. The molecule has 160 valence electrons. The van der Waals surface area contributed by atoms with Crippen molar-refractivity contribution in [1.29, 1.82) is 0 Å². The van der Waals surface area contributed by atoms with E-state index in [1.807, 2.05) is 0 Å². The van der Waals surface area contributed by atoms with E-state index < -0.39 is 8.32 Å². The molecule has 28 heavy (non-hydrogen) atoms. The summed E-state index contributed by atoms with van der Waals surface area (Å²) in [4.78, 5) is 2.39. The number of rotatable bonds is 9. The molecule has 0 radical (unpaired) electrons. The van der Waals surface area contributed by atoms with Crippen molar-refractivity contribution in [2.75, 3.05) is 27.3 Å². The molecule has 0 amide bonds. The zero-order valence-electron chi connectivity index (χ0n) is 19.5. The molecule has 4 nitrogen and oxygen atoms in total. The molecule has 0 bridgehead atoms. The topological polar surface area (TPSA) is 30.9 Å². The monoisotopic (exact) mass is 407 g/mol. The van der Waals surface area contributed by atoms with Gasteiger partial charge in [-0.25, -0.2) is 0 Å². The predicted octanol–water partition coefficient (Wildman–Crippen LogP) is 4.98. The van der Waals surface area contributed by atoms with Gasteiger partial charge in [0.05, 0.1) is 24.4 Å². The van der Waals surface area contributed by atoms with Crippen LogP contribution in [0.3, 0.4) is 0 Å². The first-order valence-electron chi connectivity index (χ1n) is 11.0. The zero-order valence-corrected chi connectivity index (χ0v) is 20.5. The van der Waals surface area contributed by atoms with E-state index in [0.717, 1.165) is 25.2 Å². The molecule has 3 aliphatic carbocycles. The second-order valence-corrected chi connectivity index (χ2v) is 15.2. The van der Waals surface area contributed by atoms with Gasteiger partial charge in [-0.2, -0.15) is 0 Å². The van der Waals surface area contributed by atoms with Crippen molar-refractivity contribution in [3.05, 3.63) is 23.5 Å². The lowest BCUT2D eigenvalue weighted by molar-refractivity contribution is 0.117. The molecular weight excluding hydrogens is 366 g/mol. The fourth-order valence-electron chi connectivity index (χ4n) is 4.52. The number of nitrogens with zero attached hydrogens (tertiary/aromatic N) is 1. The van der Waals surface area contributed by atoms with Gasteiger partial charge in [-0.05, 0) is 76.6 Å². The van der Waals surface area contributed by atoms with Crippen molar-refractivity contribution in [3.8, 4) is 0 Å². The van der Waals surface area contributed by atoms with E-state index >= 15 is 0 Å². The van der Waals surface area contributed by atoms with Crippen molar-refractivity contribution >= 4 is 8.32 Å². The van der Waals surface area contributed by atoms with Gasteiger partial charge in [-0.15, -0.1) is 0 Å². The highest BCUT2D eigenvalue weighted by Crippen LogP contribution is 2.59. The molecule has 0 saturated heterocycles. The van der Waals surface area contributed by atoms with Gasteiger partial charge in [0.15, 0.2) is 8.32 Å². The molecule has 0 aromatic rings. The average molecular weight is 408 g/mol. The van der Waals surface area contributed by atoms with Crippen LogP contribution in [0.1, 0.15) is 47.5 Å². The van der Waals surface area contributed by atoms with Crippen LogP contribution >= 0.6 is 0 Å². The second-order valence-electron chi connectivity index (χ2n) is 10.4. The smallest absolute Gasteiger partial charge is 0.192 e. The minimum Gasteiger partial charge on any atom is -0.494 e. The van der Waals surface area contributed by atoms with Crippen molar-refractivity contribution in [3.63, 3.8) is 0 Å². The number of allylic oxidation sites excluding steroid dienone is 1. The van der Waals surface area contributed by atoms with Crippen LogP contribution in [0.25, 0.3) is 0 Å². The Morgan fingerprint density at radius 2 is 1.79 bits per heavy atom. The standard InChI is InChI=1S/C23H41NO3Si/c1-10-25-16-12-18(17-13-20(17)26-11-2)23(15-16,24(6)7)19-14-21(19)27-28(8,9)22(3,4)5/h12,15,17,19-21H,10-11,13-14H2,1-9H3/t17-,19+,20+,21+,23?/m1/s1. The SMILES string of the molecule is CCOC1=CC([C@H]2C[C@@H]2O[Si](C)(C)C(C)(C)C)(N(C)C)C([C@H]2C[C@@H]2OCC)=C1. The summed E-state index contributed by atoms with van der Waals surface area (Å²) in [6.45, 7) is 17.3. The molecule has 0 heterocycles. The molecule has 0 N–H and O–H groups in total. The number of hydrogen-bond acceptors (Lipinski definition) is 4. The van der Waals surface area contributed by atoms with E-state index in [1.54, 1.807) is 0 Å². The van der Waals surface area contributed by atoms with Crippen LogP contribution < -0.4 is 0 Å². The Labute approximate surface area is 173 Å². The molecule has 3 aliphatic rings. The van der Waals surface area contributed by atoms with E-state index in [0.29, 0.717) is 30.7 Å². The van der Waals surface area contributed by atoms with Gasteiger partial charge in [0.2, 0.25) is 0 Å². The molecular formula is C23H41NO3Si. The van der Waals surface area contributed by atoms with E-state index in [-0.39, 0.29) is 10.6 Å². The van der Waals surface area contributed by atoms with Crippen LogP contribution in [0.15, 0.2) is 23.5 Å². The minimum absolute atomic E-state index is 0.103. The van der Waals surface area contributed by atoms with Gasteiger partial charge in [-0.1, -0.05) is 20.8 Å². The number of likely N-dealkylation sites (N-methyl/N-ethyl adjacent to an activating group) is 1. The molecule has 0 aromatic heterocycles. The van der Waals surface area contributed by atoms with Crippen LogP contribution in [0, 0.1) is 11.8 Å². The molecule has 5 heteroatoms. The predicted molar refractivity (Wildman–Crippen MR) is 118 cm³/mol. The van der Waals surface area contributed by atoms with E-state index in [2.05, 4.69) is 78.9 Å². The van der Waals surface area contributed by atoms with E-state index in [4.69, 9.17) is 13.9 Å². The van der Waals surface area contributed by atoms with Crippen molar-refractivity contribution in [2.24, 2.45) is 11.8 Å². The highest BCUT2D eigenvalue weighted by Gasteiger charge is 2.62. The third-order valence-corrected chi connectivity index (χ3v) is 11.7. The molecule has 0 spiro atoms. The van der Waals surface area contributed by atoms with Crippen molar-refractivity contribution in [1.82, 2.24) is 4.90 Å². The Morgan fingerprint density at radius 1 is 1.11 bits per heavy atom. The minimum atomic E-state index is -1.77. The number of ether oxygens (including phenoxy) is 2. The molecule has 1 unspecified atom stereocenters. The Morgan fingerprint density at radius 3 is 2.32 bits per heavy atom. The highest BCUT2D eigenvalue weighted by molar-refractivity contribution is 6.74. The summed E-state index contributed by atoms with van der Waals surface area (Å²) in [6.07, 6.45) is 7.63. The maximum Gasteiger partial charge on any atom is 0.192 e. The Hall–Kier alpha value is -0.623. The summed E-state index contributed by atoms with van der Waals surface area (Å²) < 4.78 is 18.7. The van der Waals surface area contributed by atoms with Crippen LogP contribution in [-0.4, -0.2) is 58.3 Å². The van der Waals surface area contributed by atoms with Crippen LogP contribution in [0.4, 0.5) is 0 Å².